The maximum atomic E-state index is 6.23. The van der Waals surface area contributed by atoms with Crippen molar-refractivity contribution < 1.29 is 4.74 Å². The zero-order valence-electron chi connectivity index (χ0n) is 12.9. The minimum Gasteiger partial charge on any atom is -0.497 e. The molecule has 0 bridgehead atoms. The monoisotopic (exact) mass is 264 g/mol. The number of nitrogens with zero attached hydrogens (tertiary/aromatic N) is 1. The Balaban J connectivity index is 3.03. The molecule has 108 valence electrons. The molecule has 0 saturated carbocycles. The summed E-state index contributed by atoms with van der Waals surface area (Å²) in [6.45, 7) is 10.8. The third kappa shape index (κ3) is 4.51. The first-order valence-corrected chi connectivity index (χ1v) is 7.13. The minimum absolute atomic E-state index is 0.0887. The summed E-state index contributed by atoms with van der Waals surface area (Å²) in [5.74, 6) is 1.52. The Morgan fingerprint density at radius 1 is 1.26 bits per heavy atom. The molecular formula is C16H28N2O. The van der Waals surface area contributed by atoms with E-state index in [1.807, 2.05) is 12.1 Å². The molecule has 3 nitrogen and oxygen atoms in total. The Kier molecular flexibility index (Phi) is 6.32. The first kappa shape index (κ1) is 16.0. The van der Waals surface area contributed by atoms with Crippen molar-refractivity contribution in [3.05, 3.63) is 29.8 Å². The van der Waals surface area contributed by atoms with Crippen LogP contribution in [0.2, 0.25) is 0 Å². The van der Waals surface area contributed by atoms with Crippen molar-refractivity contribution in [2.75, 3.05) is 20.2 Å². The summed E-state index contributed by atoms with van der Waals surface area (Å²) in [6.07, 6.45) is 0. The highest BCUT2D eigenvalue weighted by atomic mass is 16.5. The molecule has 0 fully saturated rings. The van der Waals surface area contributed by atoms with Crippen LogP contribution in [0.15, 0.2) is 24.3 Å². The lowest BCUT2D eigenvalue weighted by atomic mass is 9.98. The molecule has 2 atom stereocenters. The summed E-state index contributed by atoms with van der Waals surface area (Å²) in [7, 11) is 1.70. The summed E-state index contributed by atoms with van der Waals surface area (Å²) in [4.78, 5) is 2.45. The molecule has 1 rings (SSSR count). The third-order valence-corrected chi connectivity index (χ3v) is 3.33. The van der Waals surface area contributed by atoms with Gasteiger partial charge in [0.2, 0.25) is 0 Å². The van der Waals surface area contributed by atoms with Crippen molar-refractivity contribution in [2.24, 2.45) is 11.7 Å². The lowest BCUT2D eigenvalue weighted by molar-refractivity contribution is 0.165. The molecule has 0 spiro atoms. The van der Waals surface area contributed by atoms with Crippen molar-refractivity contribution in [1.82, 2.24) is 4.90 Å². The highest BCUT2D eigenvalue weighted by Crippen LogP contribution is 2.27. The van der Waals surface area contributed by atoms with E-state index in [-0.39, 0.29) is 12.1 Å². The fourth-order valence-corrected chi connectivity index (χ4v) is 2.58. The second-order valence-electron chi connectivity index (χ2n) is 5.56. The summed E-state index contributed by atoms with van der Waals surface area (Å²) < 4.78 is 5.32. The van der Waals surface area contributed by atoms with Crippen LogP contribution < -0.4 is 10.5 Å². The molecule has 19 heavy (non-hydrogen) atoms. The molecule has 0 radical (unpaired) electrons. The van der Waals surface area contributed by atoms with Crippen LogP contribution in [-0.4, -0.2) is 31.1 Å². The summed E-state index contributed by atoms with van der Waals surface area (Å²) in [5, 5.41) is 0. The first-order valence-electron chi connectivity index (χ1n) is 7.13. The standard InChI is InChI=1S/C16H28N2O/c1-6-18(11-12(2)3)16(13(4)17)14-8-7-9-15(10-14)19-5/h7-10,12-13,16H,6,11,17H2,1-5H3. The number of ether oxygens (including phenoxy) is 1. The number of likely N-dealkylation sites (N-methyl/N-ethyl adjacent to an activating group) is 1. The van der Waals surface area contributed by atoms with E-state index in [0.29, 0.717) is 5.92 Å². The number of benzene rings is 1. The predicted molar refractivity (Wildman–Crippen MR) is 81.5 cm³/mol. The van der Waals surface area contributed by atoms with E-state index in [0.717, 1.165) is 18.8 Å². The van der Waals surface area contributed by atoms with E-state index in [1.54, 1.807) is 7.11 Å². The fourth-order valence-electron chi connectivity index (χ4n) is 2.58. The van der Waals surface area contributed by atoms with Crippen LogP contribution in [-0.2, 0) is 0 Å². The topological polar surface area (TPSA) is 38.5 Å². The highest BCUT2D eigenvalue weighted by Gasteiger charge is 2.23. The van der Waals surface area contributed by atoms with Gasteiger partial charge in [-0.2, -0.15) is 0 Å². The molecular weight excluding hydrogens is 236 g/mol. The van der Waals surface area contributed by atoms with Crippen LogP contribution in [0.1, 0.15) is 39.3 Å². The Morgan fingerprint density at radius 3 is 2.42 bits per heavy atom. The molecule has 0 aliphatic rings. The van der Waals surface area contributed by atoms with Crippen molar-refractivity contribution in [3.63, 3.8) is 0 Å². The molecule has 1 aromatic carbocycles. The summed E-state index contributed by atoms with van der Waals surface area (Å²) >= 11 is 0. The smallest absolute Gasteiger partial charge is 0.119 e. The SMILES string of the molecule is CCN(CC(C)C)C(c1cccc(OC)c1)C(C)N. The van der Waals surface area contributed by atoms with E-state index in [1.165, 1.54) is 5.56 Å². The number of rotatable bonds is 7. The fraction of sp³-hybridized carbons (Fsp3) is 0.625. The van der Waals surface area contributed by atoms with Gasteiger partial charge in [0, 0.05) is 18.6 Å². The van der Waals surface area contributed by atoms with Gasteiger partial charge in [0.05, 0.1) is 7.11 Å². The van der Waals surface area contributed by atoms with E-state index in [2.05, 4.69) is 44.7 Å². The van der Waals surface area contributed by atoms with Gasteiger partial charge in [-0.15, -0.1) is 0 Å². The maximum absolute atomic E-state index is 6.23. The minimum atomic E-state index is 0.0887. The summed E-state index contributed by atoms with van der Waals surface area (Å²) in [6, 6.07) is 8.57. The van der Waals surface area contributed by atoms with Crippen molar-refractivity contribution >= 4 is 0 Å². The lowest BCUT2D eigenvalue weighted by Crippen LogP contribution is -2.41. The van der Waals surface area contributed by atoms with Gasteiger partial charge in [-0.25, -0.2) is 0 Å². The van der Waals surface area contributed by atoms with Gasteiger partial charge in [-0.05, 0) is 37.1 Å². The average molecular weight is 264 g/mol. The van der Waals surface area contributed by atoms with Crippen LogP contribution >= 0.6 is 0 Å². The quantitative estimate of drug-likeness (QED) is 0.822. The third-order valence-electron chi connectivity index (χ3n) is 3.33. The van der Waals surface area contributed by atoms with Gasteiger partial charge >= 0.3 is 0 Å². The van der Waals surface area contributed by atoms with E-state index in [4.69, 9.17) is 10.5 Å². The molecule has 3 heteroatoms. The van der Waals surface area contributed by atoms with Gasteiger partial charge in [0.15, 0.2) is 0 Å². The average Bonchev–Trinajstić information content (AvgIpc) is 2.37. The molecule has 0 heterocycles. The second-order valence-corrected chi connectivity index (χ2v) is 5.56. The molecule has 2 N–H and O–H groups in total. The Labute approximate surface area is 117 Å². The van der Waals surface area contributed by atoms with E-state index in [9.17, 15) is 0 Å². The van der Waals surface area contributed by atoms with Crippen LogP contribution in [0, 0.1) is 5.92 Å². The molecule has 0 aliphatic heterocycles. The van der Waals surface area contributed by atoms with Crippen molar-refractivity contribution in [2.45, 2.75) is 39.8 Å². The maximum Gasteiger partial charge on any atom is 0.119 e. The van der Waals surface area contributed by atoms with Gasteiger partial charge in [0.1, 0.15) is 5.75 Å². The zero-order chi connectivity index (χ0) is 14.4. The number of hydrogen-bond donors (Lipinski definition) is 1. The van der Waals surface area contributed by atoms with Gasteiger partial charge < -0.3 is 10.5 Å². The normalized spacial score (nSPS) is 14.7. The molecule has 1 aromatic rings. The van der Waals surface area contributed by atoms with Crippen molar-refractivity contribution in [3.8, 4) is 5.75 Å². The molecule has 0 aromatic heterocycles. The van der Waals surface area contributed by atoms with Gasteiger partial charge in [0.25, 0.3) is 0 Å². The molecule has 0 amide bonds. The molecule has 0 saturated heterocycles. The predicted octanol–water partition coefficient (Wildman–Crippen LogP) is 3.06. The summed E-state index contributed by atoms with van der Waals surface area (Å²) in [5.41, 5.74) is 7.46. The van der Waals surface area contributed by atoms with Crippen LogP contribution in [0.4, 0.5) is 0 Å². The molecule has 0 aliphatic carbocycles. The van der Waals surface area contributed by atoms with Gasteiger partial charge in [-0.3, -0.25) is 4.90 Å². The zero-order valence-corrected chi connectivity index (χ0v) is 12.9. The van der Waals surface area contributed by atoms with Crippen LogP contribution in [0.5, 0.6) is 5.75 Å². The van der Waals surface area contributed by atoms with Crippen molar-refractivity contribution in [1.29, 1.82) is 0 Å². The van der Waals surface area contributed by atoms with E-state index < -0.39 is 0 Å². The Bertz CT molecular complexity index is 377. The lowest BCUT2D eigenvalue weighted by Gasteiger charge is -2.35. The van der Waals surface area contributed by atoms with E-state index >= 15 is 0 Å². The largest absolute Gasteiger partial charge is 0.497 e. The highest BCUT2D eigenvalue weighted by molar-refractivity contribution is 5.31. The number of hydrogen-bond acceptors (Lipinski definition) is 3. The van der Waals surface area contributed by atoms with Crippen LogP contribution in [0.25, 0.3) is 0 Å². The Hall–Kier alpha value is -1.06. The second kappa shape index (κ2) is 7.51. The number of methoxy groups -OCH3 is 1. The van der Waals surface area contributed by atoms with Crippen LogP contribution in [0.3, 0.4) is 0 Å². The first-order chi connectivity index (χ1) is 8.99. The van der Waals surface area contributed by atoms with Gasteiger partial charge in [-0.1, -0.05) is 32.9 Å². The number of nitrogens with two attached hydrogens (primary N) is 1. The Morgan fingerprint density at radius 2 is 1.95 bits per heavy atom. The molecule has 2 unspecified atom stereocenters.